The van der Waals surface area contributed by atoms with Crippen LogP contribution in [0.25, 0.3) is 22.6 Å². The second kappa shape index (κ2) is 9.63. The van der Waals surface area contributed by atoms with E-state index in [1.807, 2.05) is 24.6 Å². The lowest BCUT2D eigenvalue weighted by Gasteiger charge is -2.26. The minimum absolute atomic E-state index is 0.259. The number of aryl methyl sites for hydroxylation is 2. The fourth-order valence-electron chi connectivity index (χ4n) is 4.81. The fraction of sp³-hybridized carbons (Fsp3) is 0.440. The number of nitrogens with zero attached hydrogens (tertiary/aromatic N) is 4. The van der Waals surface area contributed by atoms with Crippen molar-refractivity contribution in [3.8, 4) is 28.4 Å². The lowest BCUT2D eigenvalue weighted by molar-refractivity contribution is 0.0358. The summed E-state index contributed by atoms with van der Waals surface area (Å²) in [6.07, 6.45) is 1.28. The molecule has 0 bridgehead atoms. The van der Waals surface area contributed by atoms with Gasteiger partial charge in [0.05, 0.1) is 36.8 Å². The molecule has 35 heavy (non-hydrogen) atoms. The second-order valence-electron chi connectivity index (χ2n) is 8.92. The zero-order valence-corrected chi connectivity index (χ0v) is 20.1. The highest BCUT2D eigenvalue weighted by Crippen LogP contribution is 2.40. The predicted octanol–water partition coefficient (Wildman–Crippen LogP) is 1.73. The number of carbonyl (C=O) groups excluding carboxylic acids is 1. The number of rotatable bonds is 8. The van der Waals surface area contributed by atoms with E-state index in [0.717, 1.165) is 56.2 Å². The van der Waals surface area contributed by atoms with Crippen molar-refractivity contribution in [1.82, 2.24) is 24.6 Å². The number of benzene rings is 1. The molecule has 1 fully saturated rings. The van der Waals surface area contributed by atoms with Crippen molar-refractivity contribution in [3.63, 3.8) is 0 Å². The van der Waals surface area contributed by atoms with Crippen LogP contribution in [0.4, 0.5) is 0 Å². The van der Waals surface area contributed by atoms with Gasteiger partial charge in [0, 0.05) is 43.7 Å². The summed E-state index contributed by atoms with van der Waals surface area (Å²) in [7, 11) is 0. The number of aromatic nitrogens is 4. The van der Waals surface area contributed by atoms with Gasteiger partial charge in [0.1, 0.15) is 11.4 Å². The molecule has 0 spiro atoms. The maximum Gasteiger partial charge on any atom is 0.259 e. The Morgan fingerprint density at radius 2 is 2.06 bits per heavy atom. The Balaban J connectivity index is 1.44. The smallest absolute Gasteiger partial charge is 0.259 e. The normalized spacial score (nSPS) is 15.1. The minimum Gasteiger partial charge on any atom is -0.493 e. The lowest BCUT2D eigenvalue weighted by Crippen LogP contribution is -2.37. The zero-order chi connectivity index (χ0) is 24.5. The molecule has 2 aliphatic rings. The van der Waals surface area contributed by atoms with E-state index in [1.54, 1.807) is 12.1 Å². The number of nitrogens with one attached hydrogen (secondary N) is 1. The zero-order valence-electron chi connectivity index (χ0n) is 20.1. The highest BCUT2D eigenvalue weighted by atomic mass is 16.5. The van der Waals surface area contributed by atoms with Crippen LogP contribution < -0.4 is 16.0 Å². The van der Waals surface area contributed by atoms with Crippen molar-refractivity contribution < 1.29 is 14.3 Å². The van der Waals surface area contributed by atoms with Gasteiger partial charge in [0.25, 0.3) is 5.56 Å². The van der Waals surface area contributed by atoms with E-state index in [4.69, 9.17) is 20.2 Å². The molecule has 1 aliphatic heterocycles. The topological polar surface area (TPSA) is 128 Å². The molecule has 2 aromatic heterocycles. The Labute approximate surface area is 203 Å². The van der Waals surface area contributed by atoms with Crippen molar-refractivity contribution in [2.75, 3.05) is 39.5 Å². The average molecular weight is 479 g/mol. The monoisotopic (exact) mass is 478 g/mol. The van der Waals surface area contributed by atoms with Gasteiger partial charge in [-0.1, -0.05) is 0 Å². The Morgan fingerprint density at radius 3 is 2.80 bits per heavy atom. The third-order valence-electron chi connectivity index (χ3n) is 6.53. The molecule has 1 saturated heterocycles. The van der Waals surface area contributed by atoms with Gasteiger partial charge in [0.2, 0.25) is 5.91 Å². The van der Waals surface area contributed by atoms with Crippen LogP contribution in [-0.4, -0.2) is 70.0 Å². The van der Waals surface area contributed by atoms with E-state index in [9.17, 15) is 9.59 Å². The summed E-state index contributed by atoms with van der Waals surface area (Å²) in [5.41, 5.74) is 9.88. The molecule has 0 saturated carbocycles. The van der Waals surface area contributed by atoms with Crippen LogP contribution in [0.5, 0.6) is 5.75 Å². The summed E-state index contributed by atoms with van der Waals surface area (Å²) in [6.45, 7) is 9.34. The Kier molecular flexibility index (Phi) is 6.40. The molecule has 10 nitrogen and oxygen atoms in total. The molecule has 1 amide bonds. The van der Waals surface area contributed by atoms with Crippen LogP contribution in [0.3, 0.4) is 0 Å². The largest absolute Gasteiger partial charge is 0.493 e. The van der Waals surface area contributed by atoms with Gasteiger partial charge in [-0.25, -0.2) is 4.98 Å². The number of carbonyl (C=O) groups is 1. The summed E-state index contributed by atoms with van der Waals surface area (Å²) in [4.78, 5) is 35.3. The number of aromatic amines is 1. The van der Waals surface area contributed by atoms with Crippen LogP contribution in [-0.2, 0) is 17.7 Å². The van der Waals surface area contributed by atoms with Crippen molar-refractivity contribution in [2.24, 2.45) is 5.73 Å². The maximum atomic E-state index is 13.2. The van der Waals surface area contributed by atoms with Gasteiger partial charge in [0.15, 0.2) is 5.82 Å². The summed E-state index contributed by atoms with van der Waals surface area (Å²) >= 11 is 0. The van der Waals surface area contributed by atoms with Crippen molar-refractivity contribution in [2.45, 2.75) is 33.2 Å². The number of amides is 1. The predicted molar refractivity (Wildman–Crippen MR) is 131 cm³/mol. The van der Waals surface area contributed by atoms with Gasteiger partial charge >= 0.3 is 0 Å². The number of hydrogen-bond acceptors (Lipinski definition) is 7. The number of primary amides is 1. The highest BCUT2D eigenvalue weighted by Gasteiger charge is 2.29. The summed E-state index contributed by atoms with van der Waals surface area (Å²) in [5.74, 6) is 0.488. The number of ether oxygens (including phenoxy) is 2. The van der Waals surface area contributed by atoms with E-state index in [1.165, 1.54) is 0 Å². The quantitative estimate of drug-likeness (QED) is 0.369. The first-order valence-electron chi connectivity index (χ1n) is 12.0. The summed E-state index contributed by atoms with van der Waals surface area (Å²) in [5, 5.41) is 4.46. The molecule has 10 heteroatoms. The van der Waals surface area contributed by atoms with Crippen LogP contribution in [0.1, 0.15) is 40.7 Å². The van der Waals surface area contributed by atoms with Crippen LogP contribution in [0, 0.1) is 6.92 Å². The third-order valence-corrected chi connectivity index (χ3v) is 6.53. The van der Waals surface area contributed by atoms with Crippen LogP contribution in [0.15, 0.2) is 23.0 Å². The Hall–Kier alpha value is -3.50. The van der Waals surface area contributed by atoms with E-state index in [-0.39, 0.29) is 5.56 Å². The molecule has 5 rings (SSSR count). The van der Waals surface area contributed by atoms with Crippen molar-refractivity contribution >= 4 is 5.91 Å². The first kappa shape index (κ1) is 23.3. The molecule has 1 aromatic carbocycles. The molecule has 0 radical (unpaired) electrons. The molecule has 3 N–H and O–H groups in total. The van der Waals surface area contributed by atoms with E-state index >= 15 is 0 Å². The maximum absolute atomic E-state index is 13.2. The summed E-state index contributed by atoms with van der Waals surface area (Å²) < 4.78 is 13.3. The van der Waals surface area contributed by atoms with E-state index < -0.39 is 5.91 Å². The van der Waals surface area contributed by atoms with Gasteiger partial charge in [-0.2, -0.15) is 5.10 Å². The van der Waals surface area contributed by atoms with Crippen LogP contribution >= 0.6 is 0 Å². The number of nitrogens with two attached hydrogens (primary N) is 1. The number of fused-ring (bicyclic) bond motifs is 3. The molecule has 0 unspecified atom stereocenters. The molecule has 184 valence electrons. The summed E-state index contributed by atoms with van der Waals surface area (Å²) in [6, 6.07) is 5.25. The molecule has 3 aromatic rings. The van der Waals surface area contributed by atoms with Crippen LogP contribution in [0.2, 0.25) is 0 Å². The van der Waals surface area contributed by atoms with Gasteiger partial charge in [-0.15, -0.1) is 0 Å². The van der Waals surface area contributed by atoms with Gasteiger partial charge in [-0.05, 0) is 44.0 Å². The molecule has 3 heterocycles. The number of H-pyrrole nitrogens is 1. The Morgan fingerprint density at radius 1 is 1.26 bits per heavy atom. The average Bonchev–Trinajstić information content (AvgIpc) is 3.42. The van der Waals surface area contributed by atoms with E-state index in [2.05, 4.69) is 15.0 Å². The first-order chi connectivity index (χ1) is 16.9. The van der Waals surface area contributed by atoms with Crippen molar-refractivity contribution in [1.29, 1.82) is 0 Å². The SMILES string of the molecule is CCn1nc(C)cc1-c1nc2c(c(=O)[nH]1)-c1cc(C(N)=O)cc(OCCCN3CCOCC3)c1C2. The Bertz CT molecular complexity index is 1320. The molecule has 0 atom stereocenters. The molecule has 1 aliphatic carbocycles. The molecular weight excluding hydrogens is 448 g/mol. The first-order valence-corrected chi connectivity index (χ1v) is 12.0. The number of morpholine rings is 1. The van der Waals surface area contributed by atoms with Gasteiger partial charge < -0.3 is 20.2 Å². The van der Waals surface area contributed by atoms with E-state index in [0.29, 0.717) is 53.5 Å². The lowest BCUT2D eigenvalue weighted by atomic mass is 10.0. The van der Waals surface area contributed by atoms with Gasteiger partial charge in [-0.3, -0.25) is 19.2 Å². The van der Waals surface area contributed by atoms with Crippen molar-refractivity contribution in [3.05, 3.63) is 51.1 Å². The molecular formula is C25H30N6O4. The fourth-order valence-corrected chi connectivity index (χ4v) is 4.81. The highest BCUT2D eigenvalue weighted by molar-refractivity contribution is 5.96. The third kappa shape index (κ3) is 4.59. The number of hydrogen-bond donors (Lipinski definition) is 2. The second-order valence-corrected chi connectivity index (χ2v) is 8.92. The standard InChI is InChI=1S/C25H30N6O4/c1-3-31-20(11-15(2)29-31)24-27-19-14-17-18(22(19)25(33)28-24)12-16(23(26)32)13-21(17)35-8-4-5-30-6-9-34-10-7-30/h11-13H,3-10,14H2,1-2H3,(H2,26,32)(H,27,28,33). The minimum atomic E-state index is -0.567.